The van der Waals surface area contributed by atoms with E-state index in [1.165, 1.54) is 7.11 Å². The lowest BCUT2D eigenvalue weighted by Crippen LogP contribution is -2.45. The summed E-state index contributed by atoms with van der Waals surface area (Å²) in [6, 6.07) is 6.53. The van der Waals surface area contributed by atoms with Crippen LogP contribution in [0.3, 0.4) is 0 Å². The van der Waals surface area contributed by atoms with Crippen molar-refractivity contribution in [1.82, 2.24) is 5.32 Å². The lowest BCUT2D eigenvalue weighted by molar-refractivity contribution is -0.143. The Kier molecular flexibility index (Phi) is 9.21. The molecular formula is C21H29NO5. The predicted octanol–water partition coefficient (Wildman–Crippen LogP) is 3.48. The number of carbonyl (C=O) groups excluding carboxylic acids is 2. The van der Waals surface area contributed by atoms with E-state index in [4.69, 9.17) is 20.6 Å². The molecule has 1 aromatic rings. The van der Waals surface area contributed by atoms with Crippen molar-refractivity contribution in [3.05, 3.63) is 29.8 Å². The van der Waals surface area contributed by atoms with Crippen molar-refractivity contribution in [3.8, 4) is 18.1 Å². The Bertz CT molecular complexity index is 640. The third kappa shape index (κ3) is 9.55. The van der Waals surface area contributed by atoms with E-state index in [-0.39, 0.29) is 6.42 Å². The molecule has 27 heavy (non-hydrogen) atoms. The van der Waals surface area contributed by atoms with Gasteiger partial charge in [-0.05, 0) is 51.3 Å². The number of methoxy groups -OCH3 is 1. The van der Waals surface area contributed by atoms with Crippen molar-refractivity contribution in [1.29, 1.82) is 0 Å². The third-order valence-corrected chi connectivity index (χ3v) is 3.52. The zero-order chi connectivity index (χ0) is 20.3. The maximum absolute atomic E-state index is 12.0. The average molecular weight is 375 g/mol. The number of hydrogen-bond donors (Lipinski definition) is 1. The van der Waals surface area contributed by atoms with Gasteiger partial charge in [-0.3, -0.25) is 0 Å². The fourth-order valence-corrected chi connectivity index (χ4v) is 2.26. The first-order chi connectivity index (χ1) is 12.7. The summed E-state index contributed by atoms with van der Waals surface area (Å²) in [6.45, 7) is 5.87. The Morgan fingerprint density at radius 2 is 1.85 bits per heavy atom. The molecule has 1 amide bonds. The first-order valence-corrected chi connectivity index (χ1v) is 8.97. The molecule has 1 atom stereocenters. The van der Waals surface area contributed by atoms with E-state index in [1.54, 1.807) is 20.8 Å². The van der Waals surface area contributed by atoms with Gasteiger partial charge in [-0.2, -0.15) is 0 Å². The average Bonchev–Trinajstić information content (AvgIpc) is 2.60. The lowest BCUT2D eigenvalue weighted by Gasteiger charge is -2.22. The molecule has 1 aromatic carbocycles. The van der Waals surface area contributed by atoms with Gasteiger partial charge in [-0.1, -0.05) is 12.1 Å². The Balaban J connectivity index is 2.61. The van der Waals surface area contributed by atoms with Gasteiger partial charge in [0.15, 0.2) is 0 Å². The van der Waals surface area contributed by atoms with Gasteiger partial charge in [0.1, 0.15) is 17.4 Å². The van der Waals surface area contributed by atoms with Crippen LogP contribution in [0.25, 0.3) is 0 Å². The van der Waals surface area contributed by atoms with Crippen LogP contribution in [0.5, 0.6) is 5.75 Å². The summed E-state index contributed by atoms with van der Waals surface area (Å²) in [5.41, 5.74) is 0.213. The summed E-state index contributed by atoms with van der Waals surface area (Å²) in [7, 11) is 1.28. The SMILES string of the molecule is C#CCCCCOc1ccc(CC(NC(=O)OC(C)(C)C)C(=O)OC)cc1. The quantitative estimate of drug-likeness (QED) is 0.406. The van der Waals surface area contributed by atoms with Crippen LogP contribution in [0.1, 0.15) is 45.6 Å². The molecule has 0 radical (unpaired) electrons. The summed E-state index contributed by atoms with van der Waals surface area (Å²) in [5, 5.41) is 2.56. The number of amides is 1. The highest BCUT2D eigenvalue weighted by molar-refractivity contribution is 5.81. The second-order valence-corrected chi connectivity index (χ2v) is 7.08. The topological polar surface area (TPSA) is 73.9 Å². The molecule has 0 saturated carbocycles. The van der Waals surface area contributed by atoms with Crippen LogP contribution in [0.15, 0.2) is 24.3 Å². The molecule has 0 aromatic heterocycles. The summed E-state index contributed by atoms with van der Waals surface area (Å²) >= 11 is 0. The number of rotatable bonds is 9. The molecule has 1 N–H and O–H groups in total. The Morgan fingerprint density at radius 1 is 1.19 bits per heavy atom. The molecule has 1 unspecified atom stereocenters. The van der Waals surface area contributed by atoms with Gasteiger partial charge in [-0.25, -0.2) is 9.59 Å². The molecule has 0 bridgehead atoms. The number of unbranched alkanes of at least 4 members (excludes halogenated alkanes) is 2. The zero-order valence-corrected chi connectivity index (χ0v) is 16.5. The molecule has 1 rings (SSSR count). The highest BCUT2D eigenvalue weighted by Gasteiger charge is 2.25. The summed E-state index contributed by atoms with van der Waals surface area (Å²) < 4.78 is 15.6. The second-order valence-electron chi connectivity index (χ2n) is 7.08. The van der Waals surface area contributed by atoms with Gasteiger partial charge in [0.25, 0.3) is 0 Å². The van der Waals surface area contributed by atoms with Crippen LogP contribution < -0.4 is 10.1 Å². The number of carbonyl (C=O) groups is 2. The van der Waals surface area contributed by atoms with Crippen LogP contribution in [0.2, 0.25) is 0 Å². The summed E-state index contributed by atoms with van der Waals surface area (Å²) in [5.74, 6) is 2.81. The van der Waals surface area contributed by atoms with Crippen LogP contribution in [0, 0.1) is 12.3 Å². The largest absolute Gasteiger partial charge is 0.494 e. The summed E-state index contributed by atoms with van der Waals surface area (Å²) in [6.07, 6.45) is 7.42. The van der Waals surface area contributed by atoms with Crippen LogP contribution in [0.4, 0.5) is 4.79 Å². The number of benzene rings is 1. The number of esters is 1. The molecule has 0 aliphatic heterocycles. The van der Waals surface area contributed by atoms with E-state index in [0.29, 0.717) is 6.61 Å². The van der Waals surface area contributed by atoms with Gasteiger partial charge in [0.05, 0.1) is 13.7 Å². The van der Waals surface area contributed by atoms with Gasteiger partial charge in [0.2, 0.25) is 0 Å². The van der Waals surface area contributed by atoms with Crippen molar-refractivity contribution in [2.24, 2.45) is 0 Å². The number of hydrogen-bond acceptors (Lipinski definition) is 5. The number of nitrogens with one attached hydrogen (secondary N) is 1. The second kappa shape index (κ2) is 11.1. The maximum Gasteiger partial charge on any atom is 0.408 e. The first kappa shape index (κ1) is 22.4. The van der Waals surface area contributed by atoms with Crippen molar-refractivity contribution in [2.45, 2.75) is 58.1 Å². The maximum atomic E-state index is 12.0. The standard InChI is InChI=1S/C21H29NO5/c1-6-7-8-9-14-26-17-12-10-16(11-13-17)15-18(19(23)25-5)22-20(24)27-21(2,3)4/h1,10-13,18H,7-9,14-15H2,2-5H3,(H,22,24). The van der Waals surface area contributed by atoms with Gasteiger partial charge < -0.3 is 19.5 Å². The monoisotopic (exact) mass is 375 g/mol. The normalized spacial score (nSPS) is 11.8. The molecule has 6 heteroatoms. The van der Waals surface area contributed by atoms with Crippen LogP contribution in [-0.2, 0) is 20.7 Å². The molecular weight excluding hydrogens is 346 g/mol. The molecule has 0 aliphatic carbocycles. The lowest BCUT2D eigenvalue weighted by atomic mass is 10.1. The van der Waals surface area contributed by atoms with Gasteiger partial charge >= 0.3 is 12.1 Å². The van der Waals surface area contributed by atoms with Crippen LogP contribution >= 0.6 is 0 Å². The fraction of sp³-hybridized carbons (Fsp3) is 0.524. The van der Waals surface area contributed by atoms with Gasteiger partial charge in [0, 0.05) is 12.8 Å². The van der Waals surface area contributed by atoms with E-state index >= 15 is 0 Å². The number of terminal acetylenes is 1. The number of ether oxygens (including phenoxy) is 3. The zero-order valence-electron chi connectivity index (χ0n) is 16.5. The Hall–Kier alpha value is -2.68. The highest BCUT2D eigenvalue weighted by atomic mass is 16.6. The van der Waals surface area contributed by atoms with E-state index in [9.17, 15) is 9.59 Å². The molecule has 0 saturated heterocycles. The highest BCUT2D eigenvalue weighted by Crippen LogP contribution is 2.15. The fourth-order valence-electron chi connectivity index (χ4n) is 2.26. The molecule has 0 heterocycles. The van der Waals surface area contributed by atoms with E-state index in [0.717, 1.165) is 30.6 Å². The molecule has 6 nitrogen and oxygen atoms in total. The number of alkyl carbamates (subject to hydrolysis) is 1. The van der Waals surface area contributed by atoms with E-state index in [1.807, 2.05) is 24.3 Å². The summed E-state index contributed by atoms with van der Waals surface area (Å²) in [4.78, 5) is 23.9. The van der Waals surface area contributed by atoms with Crippen molar-refractivity contribution < 1.29 is 23.8 Å². The molecule has 0 fully saturated rings. The molecule has 0 aliphatic rings. The third-order valence-electron chi connectivity index (χ3n) is 3.52. The van der Waals surface area contributed by atoms with Crippen molar-refractivity contribution in [2.75, 3.05) is 13.7 Å². The Labute approximate surface area is 161 Å². The minimum Gasteiger partial charge on any atom is -0.494 e. The van der Waals surface area contributed by atoms with Crippen molar-refractivity contribution in [3.63, 3.8) is 0 Å². The van der Waals surface area contributed by atoms with E-state index < -0.39 is 23.7 Å². The predicted molar refractivity (Wildman–Crippen MR) is 103 cm³/mol. The molecule has 148 valence electrons. The van der Waals surface area contributed by atoms with E-state index in [2.05, 4.69) is 11.2 Å². The van der Waals surface area contributed by atoms with Crippen molar-refractivity contribution >= 4 is 12.1 Å². The minimum atomic E-state index is -0.833. The smallest absolute Gasteiger partial charge is 0.408 e. The first-order valence-electron chi connectivity index (χ1n) is 8.97. The Morgan fingerprint density at radius 3 is 2.41 bits per heavy atom. The van der Waals surface area contributed by atoms with Gasteiger partial charge in [-0.15, -0.1) is 12.3 Å². The minimum absolute atomic E-state index is 0.286. The van der Waals surface area contributed by atoms with Crippen LogP contribution in [-0.4, -0.2) is 37.4 Å². The molecule has 0 spiro atoms.